The highest BCUT2D eigenvalue weighted by molar-refractivity contribution is 6.07. The van der Waals surface area contributed by atoms with Crippen molar-refractivity contribution in [2.45, 2.75) is 33.7 Å². The molecule has 1 heterocycles. The van der Waals surface area contributed by atoms with Crippen LogP contribution in [0.3, 0.4) is 0 Å². The van der Waals surface area contributed by atoms with Gasteiger partial charge in [-0.3, -0.25) is 0 Å². The summed E-state index contributed by atoms with van der Waals surface area (Å²) in [6, 6.07) is -0.520. The molecule has 1 amide bonds. The first-order valence-corrected chi connectivity index (χ1v) is 6.39. The number of ether oxygens (including phenoxy) is 2. The van der Waals surface area contributed by atoms with E-state index < -0.39 is 18.1 Å². The Bertz CT molecular complexity index is 474. The number of nitrogens with one attached hydrogen (secondary N) is 1. The van der Waals surface area contributed by atoms with Gasteiger partial charge in [0, 0.05) is 0 Å². The maximum Gasteiger partial charge on any atom is 0.408 e. The van der Waals surface area contributed by atoms with E-state index in [0.717, 1.165) is 5.57 Å². The van der Waals surface area contributed by atoms with Gasteiger partial charge in [0.05, 0.1) is 0 Å². The molecule has 1 aliphatic rings. The molecule has 110 valence electrons. The first-order chi connectivity index (χ1) is 9.36. The molecule has 0 aliphatic carbocycles. The van der Waals surface area contributed by atoms with Crippen molar-refractivity contribution in [1.29, 1.82) is 0 Å². The number of rotatable bonds is 5. The number of alkyl carbamates (subject to hydrolysis) is 1. The van der Waals surface area contributed by atoms with Gasteiger partial charge in [0.25, 0.3) is 0 Å². The van der Waals surface area contributed by atoms with Crippen LogP contribution in [0.1, 0.15) is 27.7 Å². The van der Waals surface area contributed by atoms with E-state index in [1.807, 2.05) is 13.8 Å². The second-order valence-electron chi connectivity index (χ2n) is 4.94. The lowest BCUT2D eigenvalue weighted by atomic mass is 10.0. The number of hydrogen-bond donors (Lipinski definition) is 1. The Labute approximate surface area is 118 Å². The number of carbonyl (C=O) groups excluding carboxylic acids is 2. The number of carbonyl (C=O) groups is 2. The molecule has 1 rings (SSSR count). The molecular formula is C14H20N2O4. The molecule has 0 aromatic heterocycles. The molecule has 6 nitrogen and oxygen atoms in total. The number of nitrogens with zero attached hydrogens (tertiary/aromatic N) is 1. The van der Waals surface area contributed by atoms with Gasteiger partial charge in [-0.1, -0.05) is 26.5 Å². The van der Waals surface area contributed by atoms with E-state index in [-0.39, 0.29) is 24.1 Å². The number of hydrogen-bond acceptors (Lipinski definition) is 5. The number of cyclic esters (lactones) is 1. The topological polar surface area (TPSA) is 77.0 Å². The van der Waals surface area contributed by atoms with Crippen molar-refractivity contribution in [3.05, 3.63) is 23.9 Å². The number of esters is 1. The van der Waals surface area contributed by atoms with E-state index in [1.54, 1.807) is 13.8 Å². The quantitative estimate of drug-likeness (QED) is 0.475. The summed E-state index contributed by atoms with van der Waals surface area (Å²) >= 11 is 0. The van der Waals surface area contributed by atoms with Gasteiger partial charge in [0.1, 0.15) is 12.6 Å². The highest BCUT2D eigenvalue weighted by atomic mass is 16.6. The Kier molecular flexibility index (Phi) is 5.49. The first-order valence-electron chi connectivity index (χ1n) is 6.39. The van der Waals surface area contributed by atoms with E-state index in [9.17, 15) is 9.59 Å². The third-order valence-electron chi connectivity index (χ3n) is 2.62. The fourth-order valence-electron chi connectivity index (χ4n) is 1.59. The fraction of sp³-hybridized carbons (Fsp3) is 0.500. The van der Waals surface area contributed by atoms with E-state index >= 15 is 0 Å². The zero-order valence-corrected chi connectivity index (χ0v) is 12.2. The van der Waals surface area contributed by atoms with Crippen molar-refractivity contribution >= 4 is 18.0 Å². The van der Waals surface area contributed by atoms with Crippen molar-refractivity contribution < 1.29 is 19.1 Å². The number of aliphatic imine (C=N–C) groups is 1. The van der Waals surface area contributed by atoms with Crippen LogP contribution in [0.5, 0.6) is 0 Å². The standard InChI is InChI=1S/C14H20N2O4/c1-6-7-19-14(18)16-10(8(2)3)12-15-11(9(4)5)13(17)20-12/h6,8,10H,1,7H2,2-5H3,(H,16,18). The lowest BCUT2D eigenvalue weighted by Crippen LogP contribution is -2.45. The molecule has 0 aromatic carbocycles. The Morgan fingerprint density at radius 2 is 2.15 bits per heavy atom. The molecule has 0 aromatic rings. The van der Waals surface area contributed by atoms with Gasteiger partial charge < -0.3 is 14.8 Å². The molecule has 1 unspecified atom stereocenters. The van der Waals surface area contributed by atoms with Crippen LogP contribution in [0.25, 0.3) is 0 Å². The molecule has 0 fully saturated rings. The summed E-state index contributed by atoms with van der Waals surface area (Å²) in [6.07, 6.45) is 0.867. The molecule has 0 spiro atoms. The van der Waals surface area contributed by atoms with Gasteiger partial charge in [-0.2, -0.15) is 0 Å². The van der Waals surface area contributed by atoms with Crippen LogP contribution >= 0.6 is 0 Å². The summed E-state index contributed by atoms with van der Waals surface area (Å²) in [6.45, 7) is 10.9. The van der Waals surface area contributed by atoms with Gasteiger partial charge >= 0.3 is 12.1 Å². The van der Waals surface area contributed by atoms with Gasteiger partial charge in [-0.15, -0.1) is 0 Å². The molecular weight excluding hydrogens is 260 g/mol. The molecule has 0 bridgehead atoms. The average molecular weight is 280 g/mol. The summed E-state index contributed by atoms with van der Waals surface area (Å²) in [4.78, 5) is 27.4. The van der Waals surface area contributed by atoms with Crippen LogP contribution in [0.2, 0.25) is 0 Å². The van der Waals surface area contributed by atoms with Crippen LogP contribution in [-0.2, 0) is 14.3 Å². The van der Waals surface area contributed by atoms with E-state index in [1.165, 1.54) is 6.08 Å². The summed E-state index contributed by atoms with van der Waals surface area (Å²) < 4.78 is 9.98. The zero-order chi connectivity index (χ0) is 15.3. The van der Waals surface area contributed by atoms with Crippen LogP contribution in [-0.4, -0.2) is 30.6 Å². The number of amides is 1. The Hall–Kier alpha value is -2.11. The first kappa shape index (κ1) is 15.9. The minimum Gasteiger partial charge on any atom is -0.445 e. The van der Waals surface area contributed by atoms with Crippen molar-refractivity contribution in [2.24, 2.45) is 10.9 Å². The molecule has 1 N–H and O–H groups in total. The number of allylic oxidation sites excluding steroid dienone is 1. The molecule has 1 atom stereocenters. The lowest BCUT2D eigenvalue weighted by molar-refractivity contribution is -0.130. The zero-order valence-electron chi connectivity index (χ0n) is 12.2. The summed E-state index contributed by atoms with van der Waals surface area (Å²) in [5, 5.41) is 2.63. The third kappa shape index (κ3) is 3.94. The van der Waals surface area contributed by atoms with Gasteiger partial charge in [-0.25, -0.2) is 14.6 Å². The average Bonchev–Trinajstić information content (AvgIpc) is 2.75. The predicted molar refractivity (Wildman–Crippen MR) is 75.2 cm³/mol. The van der Waals surface area contributed by atoms with Crippen molar-refractivity contribution in [3.8, 4) is 0 Å². The minimum absolute atomic E-state index is 0.00524. The van der Waals surface area contributed by atoms with Crippen LogP contribution < -0.4 is 5.32 Å². The highest BCUT2D eigenvalue weighted by Crippen LogP contribution is 2.19. The maximum absolute atomic E-state index is 11.7. The lowest BCUT2D eigenvalue weighted by Gasteiger charge is -2.20. The summed E-state index contributed by atoms with van der Waals surface area (Å²) in [5.74, 6) is -0.307. The Balaban J connectivity index is 2.86. The summed E-state index contributed by atoms with van der Waals surface area (Å²) in [5.41, 5.74) is 1.05. The smallest absolute Gasteiger partial charge is 0.408 e. The SMILES string of the molecule is C=CCOC(=O)NC(C1=NC(=C(C)C)C(=O)O1)C(C)C. The monoisotopic (exact) mass is 280 g/mol. The molecule has 0 radical (unpaired) electrons. The van der Waals surface area contributed by atoms with E-state index in [4.69, 9.17) is 9.47 Å². The normalized spacial score (nSPS) is 15.6. The van der Waals surface area contributed by atoms with E-state index in [2.05, 4.69) is 16.9 Å². The van der Waals surface area contributed by atoms with E-state index in [0.29, 0.717) is 0 Å². The van der Waals surface area contributed by atoms with Crippen LogP contribution in [0, 0.1) is 5.92 Å². The maximum atomic E-state index is 11.7. The molecule has 0 saturated heterocycles. The highest BCUT2D eigenvalue weighted by Gasteiger charge is 2.32. The molecule has 1 aliphatic heterocycles. The minimum atomic E-state index is -0.604. The Morgan fingerprint density at radius 3 is 2.60 bits per heavy atom. The largest absolute Gasteiger partial charge is 0.445 e. The van der Waals surface area contributed by atoms with Gasteiger partial charge in [-0.05, 0) is 25.3 Å². The van der Waals surface area contributed by atoms with Gasteiger partial charge in [0.2, 0.25) is 5.90 Å². The van der Waals surface area contributed by atoms with Crippen molar-refractivity contribution in [1.82, 2.24) is 5.32 Å². The fourth-order valence-corrected chi connectivity index (χ4v) is 1.59. The summed E-state index contributed by atoms with van der Waals surface area (Å²) in [7, 11) is 0. The van der Waals surface area contributed by atoms with Crippen LogP contribution in [0.15, 0.2) is 28.9 Å². The molecule has 20 heavy (non-hydrogen) atoms. The van der Waals surface area contributed by atoms with Crippen LogP contribution in [0.4, 0.5) is 4.79 Å². The molecule has 6 heteroatoms. The predicted octanol–water partition coefficient (Wildman–Crippen LogP) is 2.17. The third-order valence-corrected chi connectivity index (χ3v) is 2.62. The second kappa shape index (κ2) is 6.88. The second-order valence-corrected chi connectivity index (χ2v) is 4.94. The van der Waals surface area contributed by atoms with Crippen molar-refractivity contribution in [3.63, 3.8) is 0 Å². The van der Waals surface area contributed by atoms with Gasteiger partial charge in [0.15, 0.2) is 5.70 Å². The Morgan fingerprint density at radius 1 is 1.50 bits per heavy atom. The van der Waals surface area contributed by atoms with Crippen molar-refractivity contribution in [2.75, 3.05) is 6.61 Å². The molecule has 0 saturated carbocycles.